The zero-order chi connectivity index (χ0) is 61.0. The maximum atomic E-state index is 7.24. The molecule has 0 radical (unpaired) electrons. The number of ether oxygens (including phenoxy) is 2. The van der Waals surface area contributed by atoms with E-state index in [1.54, 1.807) is 0 Å². The summed E-state index contributed by atoms with van der Waals surface area (Å²) in [6.07, 6.45) is 4.51. The summed E-state index contributed by atoms with van der Waals surface area (Å²) in [6.45, 7) is 19.0. The molecule has 0 fully saturated rings. The van der Waals surface area contributed by atoms with Crippen LogP contribution in [0, 0.1) is 0 Å². The Hall–Kier alpha value is -9.51. The molecule has 0 amide bonds. The third kappa shape index (κ3) is 8.43. The van der Waals surface area contributed by atoms with E-state index in [9.17, 15) is 0 Å². The minimum absolute atomic E-state index is 0.00751. The fourth-order valence-electron chi connectivity index (χ4n) is 15.6. The molecule has 1 atom stereocenters. The number of para-hydroxylation sites is 6. The molecule has 442 valence electrons. The van der Waals surface area contributed by atoms with E-state index in [1.165, 1.54) is 32.6 Å². The van der Waals surface area contributed by atoms with E-state index in [-0.39, 0.29) is 28.4 Å². The first kappa shape index (κ1) is 54.6. The molecule has 0 N–H and O–H groups in total. The minimum Gasteiger partial charge on any atom is -0.440 e. The van der Waals surface area contributed by atoms with Crippen molar-refractivity contribution in [1.82, 2.24) is 9.97 Å². The van der Waals surface area contributed by atoms with E-state index in [4.69, 9.17) is 19.4 Å². The van der Waals surface area contributed by atoms with E-state index in [1.807, 2.05) is 0 Å². The van der Waals surface area contributed by atoms with Crippen molar-refractivity contribution in [3.8, 4) is 23.3 Å². The number of thiol groups is 1. The highest BCUT2D eigenvalue weighted by Gasteiger charge is 2.48. The Morgan fingerprint density at radius 2 is 0.833 bits per heavy atom. The van der Waals surface area contributed by atoms with Crippen LogP contribution < -0.4 is 45.5 Å². The molecule has 0 saturated heterocycles. The van der Waals surface area contributed by atoms with Crippen molar-refractivity contribution in [3.05, 3.63) is 253 Å². The highest BCUT2D eigenvalue weighted by Crippen LogP contribution is 2.70. The summed E-state index contributed by atoms with van der Waals surface area (Å²) < 4.78 is 14.5. The SMILES string of the molecule is CC1(C)CCC(C)(C)c2cc(N(c3ccccc3)c3cc4c5c(n3)Oc3ccccc3B5c3cc5c(cc3N4c3ccccc3)N(c3ccccc3)c3cc(N(c4ccccc4)c4ccc6c(c4)C(C)(C)CCC6(C)C)nc4c3[SH]5c3ccccc3O4)ccc21. The van der Waals surface area contributed by atoms with Gasteiger partial charge in [-0.2, -0.15) is 20.9 Å². The molecule has 9 aromatic carbocycles. The summed E-state index contributed by atoms with van der Waals surface area (Å²) >= 11 is 0. The van der Waals surface area contributed by atoms with E-state index >= 15 is 0 Å². The fourth-order valence-corrected chi connectivity index (χ4v) is 18.2. The lowest BCUT2D eigenvalue weighted by Crippen LogP contribution is -2.60. The lowest BCUT2D eigenvalue weighted by molar-refractivity contribution is 0.332. The lowest BCUT2D eigenvalue weighted by atomic mass is 9.34. The first-order valence-electron chi connectivity index (χ1n) is 31.9. The van der Waals surface area contributed by atoms with Gasteiger partial charge in [-0.05, 0) is 178 Å². The number of benzene rings is 9. The van der Waals surface area contributed by atoms with Crippen molar-refractivity contribution in [2.24, 2.45) is 0 Å². The molecule has 8 nitrogen and oxygen atoms in total. The Morgan fingerprint density at radius 3 is 1.40 bits per heavy atom. The Labute approximate surface area is 531 Å². The van der Waals surface area contributed by atoms with Crippen LogP contribution >= 0.6 is 10.9 Å². The average Bonchev–Trinajstić information content (AvgIpc) is 0.696. The Bertz CT molecular complexity index is 4430. The summed E-state index contributed by atoms with van der Waals surface area (Å²) in [5.74, 6) is 4.40. The van der Waals surface area contributed by atoms with Crippen LogP contribution in [0.1, 0.15) is 103 Å². The van der Waals surface area contributed by atoms with Gasteiger partial charge in [0.05, 0.1) is 22.0 Å². The Morgan fingerprint density at radius 1 is 0.378 bits per heavy atom. The van der Waals surface area contributed by atoms with Gasteiger partial charge in [0.25, 0.3) is 6.71 Å². The van der Waals surface area contributed by atoms with Crippen molar-refractivity contribution in [3.63, 3.8) is 0 Å². The van der Waals surface area contributed by atoms with Crippen molar-refractivity contribution in [2.75, 3.05) is 19.6 Å². The van der Waals surface area contributed by atoms with Crippen molar-refractivity contribution < 1.29 is 9.47 Å². The molecule has 2 aromatic heterocycles. The topological polar surface area (TPSA) is 57.2 Å². The monoisotopic (exact) mass is 1190 g/mol. The van der Waals surface area contributed by atoms with Crippen LogP contribution in [-0.4, -0.2) is 16.7 Å². The van der Waals surface area contributed by atoms with E-state index in [0.29, 0.717) is 11.8 Å². The summed E-state index contributed by atoms with van der Waals surface area (Å²) in [6, 6.07) is 84.5. The van der Waals surface area contributed by atoms with Crippen LogP contribution in [0.4, 0.5) is 68.5 Å². The van der Waals surface area contributed by atoms with Gasteiger partial charge in [-0.3, -0.25) is 9.80 Å². The molecule has 0 bridgehead atoms. The van der Waals surface area contributed by atoms with Crippen molar-refractivity contribution in [1.29, 1.82) is 0 Å². The van der Waals surface area contributed by atoms with Gasteiger partial charge in [-0.1, -0.05) is 177 Å². The molecular weight excluding hydrogens is 1120 g/mol. The molecule has 2 aliphatic carbocycles. The minimum atomic E-state index is -1.27. The first-order valence-corrected chi connectivity index (χ1v) is 33.3. The van der Waals surface area contributed by atoms with E-state index in [0.717, 1.165) is 126 Å². The number of anilines is 12. The van der Waals surface area contributed by atoms with Crippen molar-refractivity contribution >= 4 is 103 Å². The molecule has 6 aliphatic rings. The third-order valence-corrected chi connectivity index (χ3v) is 23.1. The normalized spacial score (nSPS) is 17.9. The summed E-state index contributed by atoms with van der Waals surface area (Å²) in [4.78, 5) is 24.6. The molecular formula is C80H71BN6O2S. The predicted molar refractivity (Wildman–Crippen MR) is 373 cm³/mol. The van der Waals surface area contributed by atoms with Crippen molar-refractivity contribution in [2.45, 2.75) is 117 Å². The highest BCUT2D eigenvalue weighted by atomic mass is 32.2. The van der Waals surface area contributed by atoms with Gasteiger partial charge in [-0.15, -0.1) is 0 Å². The lowest BCUT2D eigenvalue weighted by Gasteiger charge is -2.46. The molecule has 6 heterocycles. The molecule has 0 spiro atoms. The molecule has 1 unspecified atom stereocenters. The van der Waals surface area contributed by atoms with E-state index in [2.05, 4.69) is 306 Å². The molecule has 0 saturated carbocycles. The van der Waals surface area contributed by atoms with Gasteiger partial charge in [0.15, 0.2) is 0 Å². The largest absolute Gasteiger partial charge is 0.440 e. The van der Waals surface area contributed by atoms with Crippen LogP contribution in [0.15, 0.2) is 245 Å². The summed E-state index contributed by atoms with van der Waals surface area (Å²) in [5.41, 5.74) is 19.5. The van der Waals surface area contributed by atoms with Gasteiger partial charge >= 0.3 is 0 Å². The molecule has 11 aromatic rings. The number of nitrogens with zero attached hydrogens (tertiary/aromatic N) is 6. The van der Waals surface area contributed by atoms with Crippen LogP contribution in [0.3, 0.4) is 0 Å². The average molecular weight is 1190 g/mol. The number of hydrogen-bond donors (Lipinski definition) is 1. The smallest absolute Gasteiger partial charge is 0.258 e. The van der Waals surface area contributed by atoms with Gasteiger partial charge in [0.2, 0.25) is 11.8 Å². The molecule has 4 aliphatic heterocycles. The quantitative estimate of drug-likeness (QED) is 0.119. The maximum Gasteiger partial charge on any atom is 0.258 e. The number of hydrogen-bond acceptors (Lipinski definition) is 8. The number of fused-ring (bicyclic) bond motifs is 10. The van der Waals surface area contributed by atoms with Crippen LogP contribution in [0.5, 0.6) is 23.3 Å². The number of pyridine rings is 2. The zero-order valence-corrected chi connectivity index (χ0v) is 53.2. The second-order valence-corrected chi connectivity index (χ2v) is 30.0. The number of rotatable bonds is 8. The maximum absolute atomic E-state index is 7.24. The second-order valence-electron chi connectivity index (χ2n) is 27.9. The van der Waals surface area contributed by atoms with Gasteiger partial charge < -0.3 is 19.3 Å². The van der Waals surface area contributed by atoms with Crippen LogP contribution in [-0.2, 0) is 21.7 Å². The first-order chi connectivity index (χ1) is 43.6. The zero-order valence-electron chi connectivity index (χ0n) is 52.3. The predicted octanol–water partition coefficient (Wildman–Crippen LogP) is 19.9. The van der Waals surface area contributed by atoms with Gasteiger partial charge in [-0.25, -0.2) is 0 Å². The molecule has 90 heavy (non-hydrogen) atoms. The fraction of sp³-hybridized carbons (Fsp3) is 0.200. The van der Waals surface area contributed by atoms with Crippen LogP contribution in [0.2, 0.25) is 0 Å². The third-order valence-electron chi connectivity index (χ3n) is 20.5. The van der Waals surface area contributed by atoms with Crippen LogP contribution in [0.25, 0.3) is 0 Å². The number of aromatic nitrogens is 2. The van der Waals surface area contributed by atoms with Gasteiger partial charge in [0, 0.05) is 67.2 Å². The Balaban J connectivity index is 0.925. The summed E-state index contributed by atoms with van der Waals surface area (Å²) in [7, 11) is -1.27. The Kier molecular flexibility index (Phi) is 12.1. The highest BCUT2D eigenvalue weighted by molar-refractivity contribution is 8.17. The molecule has 17 rings (SSSR count). The molecule has 10 heteroatoms. The van der Waals surface area contributed by atoms with E-state index < -0.39 is 10.9 Å². The van der Waals surface area contributed by atoms with Gasteiger partial charge in [0.1, 0.15) is 23.1 Å². The summed E-state index contributed by atoms with van der Waals surface area (Å²) in [5, 5.41) is 0. The standard InChI is InChI=1S/C80H71BN6O2S/c1-77(2)41-43-79(5,6)59-45-55(37-39-57(59)77)84(51-25-13-9-14-26-51)71-49-65-73-75(82-71)88-67-34-22-21-33-61(67)81(73)62-47-70-64(48-63(62)86(65)53-29-17-11-18-30-53)87(54-31-19-12-20-32-54)66-50-72(83-76-74(66)90(70)69-36-24-23-35-68(69)89-76)85(52-27-15-10-16-28-52)56-38-40-58-60(46-56)80(7,8)44-42-78(58,3)4/h9-40,45-50,90H,41-44H2,1-8H3. The second kappa shape index (κ2) is 20.0.